The van der Waals surface area contributed by atoms with Gasteiger partial charge in [0.1, 0.15) is 0 Å². The molecule has 0 saturated heterocycles. The minimum atomic E-state index is -1.22. The summed E-state index contributed by atoms with van der Waals surface area (Å²) in [7, 11) is -1.22. The predicted molar refractivity (Wildman–Crippen MR) is 102 cm³/mol. The molecule has 0 N–H and O–H groups in total. The molecule has 3 rings (SSSR count). The highest BCUT2D eigenvalue weighted by molar-refractivity contribution is 8.33. The standard InChI is InChI=1S/C22H24S/c1-18(2)19-14-16-22(17-15-19)23(3,20-10-6-4-7-11-20)21-12-8-5-9-13-21/h4-18H,1-3H3. The fourth-order valence-corrected chi connectivity index (χ4v) is 5.82. The number of hydrogen-bond acceptors (Lipinski definition) is 0. The summed E-state index contributed by atoms with van der Waals surface area (Å²) in [4.78, 5) is 4.23. The first kappa shape index (κ1) is 15.9. The summed E-state index contributed by atoms with van der Waals surface area (Å²) in [5.41, 5.74) is 1.40. The molecular weight excluding hydrogens is 296 g/mol. The lowest BCUT2D eigenvalue weighted by Gasteiger charge is -2.37. The predicted octanol–water partition coefficient (Wildman–Crippen LogP) is 6.72. The highest BCUT2D eigenvalue weighted by Crippen LogP contribution is 2.65. The molecule has 0 aliphatic heterocycles. The van der Waals surface area contributed by atoms with Crippen molar-refractivity contribution in [2.75, 3.05) is 6.26 Å². The monoisotopic (exact) mass is 320 g/mol. The second-order valence-corrected chi connectivity index (χ2v) is 9.52. The van der Waals surface area contributed by atoms with E-state index in [1.54, 1.807) is 0 Å². The molecule has 0 spiro atoms. The van der Waals surface area contributed by atoms with Crippen molar-refractivity contribution >= 4 is 10.0 Å². The van der Waals surface area contributed by atoms with Crippen LogP contribution in [0.5, 0.6) is 0 Å². The Bertz CT molecular complexity index is 703. The molecule has 0 bridgehead atoms. The van der Waals surface area contributed by atoms with Crippen LogP contribution in [0.3, 0.4) is 0 Å². The van der Waals surface area contributed by atoms with Gasteiger partial charge in [-0.25, -0.2) is 0 Å². The number of rotatable bonds is 4. The van der Waals surface area contributed by atoms with E-state index in [9.17, 15) is 0 Å². The van der Waals surface area contributed by atoms with Gasteiger partial charge in [-0.15, -0.1) is 0 Å². The highest BCUT2D eigenvalue weighted by Gasteiger charge is 2.25. The molecule has 0 atom stereocenters. The molecule has 0 amide bonds. The molecule has 0 aliphatic carbocycles. The maximum atomic E-state index is 2.40. The molecule has 0 heterocycles. The number of hydrogen-bond donors (Lipinski definition) is 0. The van der Waals surface area contributed by atoms with Crippen LogP contribution in [0.2, 0.25) is 0 Å². The van der Waals surface area contributed by atoms with E-state index in [1.165, 1.54) is 20.2 Å². The third-order valence-electron chi connectivity index (χ3n) is 4.45. The fourth-order valence-electron chi connectivity index (χ4n) is 2.92. The van der Waals surface area contributed by atoms with Crippen LogP contribution in [0.25, 0.3) is 0 Å². The molecule has 3 aromatic carbocycles. The normalized spacial score (nSPS) is 12.3. The Morgan fingerprint density at radius 3 is 1.35 bits per heavy atom. The third kappa shape index (κ3) is 3.07. The Hall–Kier alpha value is -1.99. The van der Waals surface area contributed by atoms with E-state index in [2.05, 4.69) is 105 Å². The van der Waals surface area contributed by atoms with Crippen LogP contribution in [0.1, 0.15) is 25.3 Å². The zero-order valence-electron chi connectivity index (χ0n) is 14.1. The average Bonchev–Trinajstić information content (AvgIpc) is 2.62. The molecular formula is C22H24S. The molecule has 0 fully saturated rings. The van der Waals surface area contributed by atoms with E-state index in [4.69, 9.17) is 0 Å². The van der Waals surface area contributed by atoms with E-state index in [0.29, 0.717) is 5.92 Å². The smallest absolute Gasteiger partial charge is 0.00210 e. The van der Waals surface area contributed by atoms with Crippen molar-refractivity contribution in [3.05, 3.63) is 90.5 Å². The second kappa shape index (κ2) is 6.64. The maximum absolute atomic E-state index is 2.40. The number of benzene rings is 3. The molecule has 3 aromatic rings. The third-order valence-corrected chi connectivity index (χ3v) is 8.09. The summed E-state index contributed by atoms with van der Waals surface area (Å²) in [6, 6.07) is 31.0. The van der Waals surface area contributed by atoms with Crippen molar-refractivity contribution in [2.24, 2.45) is 0 Å². The molecule has 0 nitrogen and oxygen atoms in total. The van der Waals surface area contributed by atoms with Gasteiger partial charge in [-0.2, -0.15) is 10.0 Å². The van der Waals surface area contributed by atoms with Gasteiger partial charge in [-0.1, -0.05) is 62.4 Å². The SMILES string of the molecule is CC(C)c1ccc(S(C)(c2ccccc2)c2ccccc2)cc1. The summed E-state index contributed by atoms with van der Waals surface area (Å²) >= 11 is 0. The molecule has 118 valence electrons. The van der Waals surface area contributed by atoms with Crippen molar-refractivity contribution in [2.45, 2.75) is 34.5 Å². The van der Waals surface area contributed by atoms with Gasteiger partial charge < -0.3 is 0 Å². The largest absolute Gasteiger partial charge is 0.163 e. The first-order valence-electron chi connectivity index (χ1n) is 8.11. The Morgan fingerprint density at radius 1 is 0.565 bits per heavy atom. The summed E-state index contributed by atoms with van der Waals surface area (Å²) in [5, 5.41) is 0. The van der Waals surface area contributed by atoms with E-state index in [-0.39, 0.29) is 0 Å². The zero-order chi connectivity index (χ0) is 16.3. The lowest BCUT2D eigenvalue weighted by Crippen LogP contribution is -2.02. The van der Waals surface area contributed by atoms with Gasteiger partial charge in [0.25, 0.3) is 0 Å². The first-order valence-corrected chi connectivity index (χ1v) is 10.1. The van der Waals surface area contributed by atoms with E-state index < -0.39 is 10.0 Å². The summed E-state index contributed by atoms with van der Waals surface area (Å²) in [6.45, 7) is 4.49. The van der Waals surface area contributed by atoms with E-state index >= 15 is 0 Å². The van der Waals surface area contributed by atoms with Gasteiger partial charge in [0, 0.05) is 0 Å². The van der Waals surface area contributed by atoms with Crippen molar-refractivity contribution in [1.82, 2.24) is 0 Å². The van der Waals surface area contributed by atoms with Crippen LogP contribution < -0.4 is 0 Å². The van der Waals surface area contributed by atoms with Crippen molar-refractivity contribution < 1.29 is 0 Å². The molecule has 0 saturated carbocycles. The minimum Gasteiger partial charge on any atom is -0.163 e. The van der Waals surface area contributed by atoms with Crippen molar-refractivity contribution in [1.29, 1.82) is 0 Å². The molecule has 23 heavy (non-hydrogen) atoms. The average molecular weight is 321 g/mol. The van der Waals surface area contributed by atoms with Gasteiger partial charge in [0.05, 0.1) is 0 Å². The Kier molecular flexibility index (Phi) is 4.58. The minimum absolute atomic E-state index is 0.568. The van der Waals surface area contributed by atoms with Crippen LogP contribution in [0.15, 0.2) is 99.6 Å². The lowest BCUT2D eigenvalue weighted by atomic mass is 10.0. The van der Waals surface area contributed by atoms with Gasteiger partial charge in [0.2, 0.25) is 0 Å². The van der Waals surface area contributed by atoms with Crippen LogP contribution in [-0.4, -0.2) is 6.26 Å². The van der Waals surface area contributed by atoms with Crippen molar-refractivity contribution in [3.63, 3.8) is 0 Å². The highest BCUT2D eigenvalue weighted by atomic mass is 32.3. The quantitative estimate of drug-likeness (QED) is 0.500. The van der Waals surface area contributed by atoms with Gasteiger partial charge in [-0.3, -0.25) is 0 Å². The fraction of sp³-hybridized carbons (Fsp3) is 0.182. The van der Waals surface area contributed by atoms with Crippen LogP contribution in [-0.2, 0) is 0 Å². The summed E-state index contributed by atoms with van der Waals surface area (Å²) < 4.78 is 0. The second-order valence-electron chi connectivity index (χ2n) is 6.27. The van der Waals surface area contributed by atoms with Crippen molar-refractivity contribution in [3.8, 4) is 0 Å². The van der Waals surface area contributed by atoms with Gasteiger partial charge in [0.15, 0.2) is 0 Å². The Morgan fingerprint density at radius 2 is 0.957 bits per heavy atom. The van der Waals surface area contributed by atoms with Gasteiger partial charge in [-0.05, 0) is 68.8 Å². The zero-order valence-corrected chi connectivity index (χ0v) is 14.9. The van der Waals surface area contributed by atoms with E-state index in [1.807, 2.05) is 0 Å². The molecule has 0 aliphatic rings. The Labute approximate surface area is 141 Å². The van der Waals surface area contributed by atoms with Crippen LogP contribution in [0.4, 0.5) is 0 Å². The molecule has 0 unspecified atom stereocenters. The topological polar surface area (TPSA) is 0 Å². The summed E-state index contributed by atoms with van der Waals surface area (Å²) in [5.74, 6) is 0.568. The lowest BCUT2D eigenvalue weighted by molar-refractivity contribution is 0.864. The van der Waals surface area contributed by atoms with Crippen LogP contribution >= 0.6 is 10.0 Å². The summed E-state index contributed by atoms with van der Waals surface area (Å²) in [6.07, 6.45) is 2.40. The molecule has 1 heteroatoms. The van der Waals surface area contributed by atoms with Crippen LogP contribution in [0, 0.1) is 0 Å². The van der Waals surface area contributed by atoms with Gasteiger partial charge >= 0.3 is 0 Å². The maximum Gasteiger partial charge on any atom is -0.00210 e. The molecule has 0 aromatic heterocycles. The van der Waals surface area contributed by atoms with E-state index in [0.717, 1.165) is 0 Å². The first-order chi connectivity index (χ1) is 11.1. The Balaban J connectivity index is 2.16. The molecule has 0 radical (unpaired) electrons.